The Hall–Kier alpha value is -1.86. The number of aliphatic hydroxyl groups excluding tert-OH is 5. The Morgan fingerprint density at radius 2 is 0.783 bits per heavy atom. The second-order valence-electron chi connectivity index (χ2n) is 25.3. The molecule has 490 valence electrons. The van der Waals surface area contributed by atoms with E-state index in [1.807, 2.05) is 6.08 Å². The summed E-state index contributed by atoms with van der Waals surface area (Å²) in [5, 5.41) is 54.3. The maximum absolute atomic E-state index is 13.0. The first-order chi connectivity index (χ1) is 40.7. The Kier molecular flexibility index (Phi) is 58.9. The number of ether oxygens (including phenoxy) is 3. The third kappa shape index (κ3) is 50.8. The molecule has 6 N–H and O–H groups in total. The van der Waals surface area contributed by atoms with Gasteiger partial charge in [-0.15, -0.1) is 0 Å². The van der Waals surface area contributed by atoms with Gasteiger partial charge in [0.25, 0.3) is 0 Å². The molecule has 1 fully saturated rings. The molecule has 0 bridgehead atoms. The lowest BCUT2D eigenvalue weighted by atomic mass is 9.99. The van der Waals surface area contributed by atoms with Gasteiger partial charge in [-0.1, -0.05) is 327 Å². The summed E-state index contributed by atoms with van der Waals surface area (Å²) in [4.78, 5) is 25.1. The molecule has 0 saturated carbocycles. The van der Waals surface area contributed by atoms with Crippen molar-refractivity contribution < 1.29 is 49.3 Å². The van der Waals surface area contributed by atoms with Gasteiger partial charge < -0.3 is 45.1 Å². The number of aliphatic hydroxyl groups is 5. The van der Waals surface area contributed by atoms with Crippen LogP contribution >= 0.6 is 0 Å². The van der Waals surface area contributed by atoms with E-state index in [4.69, 9.17) is 14.2 Å². The van der Waals surface area contributed by atoms with Crippen molar-refractivity contribution in [2.24, 2.45) is 0 Å². The number of nitrogens with one attached hydrogen (secondary N) is 1. The largest absolute Gasteiger partial charge is 0.466 e. The summed E-state index contributed by atoms with van der Waals surface area (Å²) < 4.78 is 16.7. The summed E-state index contributed by atoms with van der Waals surface area (Å²) in [6.07, 6.45) is 67.7. The molecule has 83 heavy (non-hydrogen) atoms. The van der Waals surface area contributed by atoms with Crippen LogP contribution in [0.1, 0.15) is 361 Å². The lowest BCUT2D eigenvalue weighted by Crippen LogP contribution is -2.60. The van der Waals surface area contributed by atoms with Crippen molar-refractivity contribution in [2.45, 2.75) is 403 Å². The zero-order valence-corrected chi connectivity index (χ0v) is 54.4. The van der Waals surface area contributed by atoms with Crippen molar-refractivity contribution in [3.05, 3.63) is 24.3 Å². The molecule has 1 saturated heterocycles. The fourth-order valence-corrected chi connectivity index (χ4v) is 11.6. The highest BCUT2D eigenvalue weighted by atomic mass is 16.7. The van der Waals surface area contributed by atoms with Gasteiger partial charge in [0.15, 0.2) is 6.29 Å². The standard InChI is InChI=1S/C72H137NO10/c1-3-5-7-9-11-13-15-40-44-48-52-56-60-68(77)81-61-57-53-49-45-41-38-36-34-32-30-28-26-24-22-20-18-16-17-19-21-23-25-27-29-31-33-35-37-39-43-47-51-55-59-67(76)73-64(63-82-72-71(80)70(79)69(78)66(62-74)83-72)65(75)58-54-50-46-42-14-12-10-8-6-4-2/h14,42,54,58,64-66,69-72,74-75,78-80H,3-13,15-41,43-53,55-57,59-63H2,1-2H3,(H,73,76)/b42-14+,58-54+. The highest BCUT2D eigenvalue weighted by Gasteiger charge is 2.44. The van der Waals surface area contributed by atoms with Gasteiger partial charge in [0.1, 0.15) is 24.4 Å². The van der Waals surface area contributed by atoms with Crippen LogP contribution in [0.3, 0.4) is 0 Å². The van der Waals surface area contributed by atoms with Gasteiger partial charge in [-0.25, -0.2) is 0 Å². The zero-order chi connectivity index (χ0) is 60.2. The van der Waals surface area contributed by atoms with Crippen molar-refractivity contribution in [1.29, 1.82) is 0 Å². The van der Waals surface area contributed by atoms with Crippen LogP contribution in [0.5, 0.6) is 0 Å². The van der Waals surface area contributed by atoms with Crippen LogP contribution in [0.2, 0.25) is 0 Å². The summed E-state index contributed by atoms with van der Waals surface area (Å²) in [5.74, 6) is -0.172. The molecule has 1 amide bonds. The molecule has 0 aromatic carbocycles. The van der Waals surface area contributed by atoms with E-state index in [0.29, 0.717) is 19.4 Å². The fourth-order valence-electron chi connectivity index (χ4n) is 11.6. The number of rotatable bonds is 64. The van der Waals surface area contributed by atoms with Crippen LogP contribution in [-0.2, 0) is 23.8 Å². The summed E-state index contributed by atoms with van der Waals surface area (Å²) in [7, 11) is 0. The van der Waals surface area contributed by atoms with Gasteiger partial charge in [0, 0.05) is 12.8 Å². The van der Waals surface area contributed by atoms with Crippen LogP contribution in [0.15, 0.2) is 24.3 Å². The zero-order valence-electron chi connectivity index (χ0n) is 54.4. The van der Waals surface area contributed by atoms with Crippen molar-refractivity contribution in [3.63, 3.8) is 0 Å². The lowest BCUT2D eigenvalue weighted by Gasteiger charge is -2.40. The van der Waals surface area contributed by atoms with Crippen LogP contribution in [0.25, 0.3) is 0 Å². The number of hydrogen-bond donors (Lipinski definition) is 6. The summed E-state index contributed by atoms with van der Waals surface area (Å²) >= 11 is 0. The minimum Gasteiger partial charge on any atom is -0.466 e. The molecular formula is C72H137NO10. The molecule has 1 aliphatic heterocycles. The molecule has 1 aliphatic rings. The third-order valence-electron chi connectivity index (χ3n) is 17.3. The Bertz CT molecular complexity index is 1430. The van der Waals surface area contributed by atoms with E-state index in [9.17, 15) is 35.1 Å². The number of amides is 1. The fraction of sp³-hybridized carbons (Fsp3) is 0.917. The number of carbonyl (C=O) groups is 2. The Balaban J connectivity index is 1.90. The minimum atomic E-state index is -1.57. The van der Waals surface area contributed by atoms with Crippen molar-refractivity contribution >= 4 is 11.9 Å². The number of esters is 1. The quantitative estimate of drug-likeness (QED) is 0.0195. The molecule has 11 nitrogen and oxygen atoms in total. The average molecular weight is 1180 g/mol. The van der Waals surface area contributed by atoms with Crippen molar-refractivity contribution in [2.75, 3.05) is 19.8 Å². The van der Waals surface area contributed by atoms with E-state index in [1.165, 1.54) is 283 Å². The number of unbranched alkanes of at least 4 members (excludes halogenated alkanes) is 48. The first-order valence-electron chi connectivity index (χ1n) is 36.1. The van der Waals surface area contributed by atoms with Crippen LogP contribution < -0.4 is 5.32 Å². The third-order valence-corrected chi connectivity index (χ3v) is 17.3. The number of carbonyl (C=O) groups excluding carboxylic acids is 2. The second kappa shape index (κ2) is 61.8. The van der Waals surface area contributed by atoms with Gasteiger partial charge in [0.2, 0.25) is 5.91 Å². The predicted molar refractivity (Wildman–Crippen MR) is 348 cm³/mol. The highest BCUT2D eigenvalue weighted by Crippen LogP contribution is 2.23. The molecule has 1 rings (SSSR count). The maximum Gasteiger partial charge on any atom is 0.305 e. The van der Waals surface area contributed by atoms with Gasteiger partial charge in [-0.2, -0.15) is 0 Å². The Morgan fingerprint density at radius 3 is 1.19 bits per heavy atom. The topological polar surface area (TPSA) is 175 Å². The first kappa shape index (κ1) is 79.2. The lowest BCUT2D eigenvalue weighted by molar-refractivity contribution is -0.302. The summed E-state index contributed by atoms with van der Waals surface area (Å²) in [6, 6.07) is -0.822. The van der Waals surface area contributed by atoms with Crippen LogP contribution in [0, 0.1) is 0 Å². The molecule has 0 aromatic rings. The molecule has 0 radical (unpaired) electrons. The summed E-state index contributed by atoms with van der Waals surface area (Å²) in [5.41, 5.74) is 0. The van der Waals surface area contributed by atoms with Crippen LogP contribution in [0.4, 0.5) is 0 Å². The molecular weight excluding hydrogens is 1040 g/mol. The average Bonchev–Trinajstić information content (AvgIpc) is 3.53. The van der Waals surface area contributed by atoms with Gasteiger partial charge in [-0.05, 0) is 44.9 Å². The van der Waals surface area contributed by atoms with Gasteiger partial charge in [0.05, 0.1) is 32.0 Å². The summed E-state index contributed by atoms with van der Waals surface area (Å²) in [6.45, 7) is 4.33. The first-order valence-corrected chi connectivity index (χ1v) is 36.1. The Morgan fingerprint density at radius 1 is 0.434 bits per heavy atom. The van der Waals surface area contributed by atoms with E-state index in [1.54, 1.807) is 6.08 Å². The molecule has 0 aliphatic carbocycles. The monoisotopic (exact) mass is 1180 g/mol. The van der Waals surface area contributed by atoms with E-state index < -0.39 is 49.5 Å². The van der Waals surface area contributed by atoms with Gasteiger partial charge >= 0.3 is 5.97 Å². The minimum absolute atomic E-state index is 0.0154. The smallest absolute Gasteiger partial charge is 0.305 e. The predicted octanol–water partition coefficient (Wildman–Crippen LogP) is 18.4. The van der Waals surface area contributed by atoms with E-state index in [0.717, 1.165) is 51.4 Å². The normalized spacial score (nSPS) is 18.2. The molecule has 0 spiro atoms. The molecule has 7 atom stereocenters. The molecule has 0 aromatic heterocycles. The number of allylic oxidation sites excluding steroid dienone is 3. The Labute approximate surface area is 511 Å². The second-order valence-corrected chi connectivity index (χ2v) is 25.3. The SMILES string of the molecule is CCCCCC/C=C/CC/C=C/C(O)C(COC1OC(CO)C(O)C(O)C1O)NC(=O)CCCCCCCCCCCCCCCCCCCCCCCCCCCCCCCCCCCOC(=O)CCCCCCCCCCCCCC. The number of hydrogen-bond acceptors (Lipinski definition) is 10. The molecule has 11 heteroatoms. The van der Waals surface area contributed by atoms with E-state index in [-0.39, 0.29) is 18.5 Å². The van der Waals surface area contributed by atoms with Crippen molar-refractivity contribution in [3.8, 4) is 0 Å². The maximum atomic E-state index is 13.0. The molecule has 7 unspecified atom stereocenters. The van der Waals surface area contributed by atoms with Crippen molar-refractivity contribution in [1.82, 2.24) is 5.32 Å². The van der Waals surface area contributed by atoms with Crippen LogP contribution in [-0.4, -0.2) is 100 Å². The molecule has 1 heterocycles. The highest BCUT2D eigenvalue weighted by molar-refractivity contribution is 5.76. The van der Waals surface area contributed by atoms with Gasteiger partial charge in [-0.3, -0.25) is 9.59 Å². The van der Waals surface area contributed by atoms with E-state index in [2.05, 4.69) is 31.3 Å². The van der Waals surface area contributed by atoms with E-state index >= 15 is 0 Å².